The van der Waals surface area contributed by atoms with Gasteiger partial charge in [0.05, 0.1) is 0 Å². The summed E-state index contributed by atoms with van der Waals surface area (Å²) in [5.74, 6) is 2.81. The summed E-state index contributed by atoms with van der Waals surface area (Å²) in [6.45, 7) is 0. The lowest BCUT2D eigenvalue weighted by molar-refractivity contribution is 0.395. The van der Waals surface area contributed by atoms with Crippen molar-refractivity contribution < 1.29 is 0 Å². The summed E-state index contributed by atoms with van der Waals surface area (Å²) in [5.41, 5.74) is 1.66. The molecule has 102 valence electrons. The summed E-state index contributed by atoms with van der Waals surface area (Å²) in [6, 6.07) is 20.4. The van der Waals surface area contributed by atoms with Gasteiger partial charge in [-0.05, 0) is 11.1 Å². The van der Waals surface area contributed by atoms with E-state index in [1.165, 1.54) is 6.33 Å². The van der Waals surface area contributed by atoms with Gasteiger partial charge in [0.15, 0.2) is 0 Å². The number of terminal acetylenes is 1. The quantitative estimate of drug-likeness (QED) is 0.684. The van der Waals surface area contributed by atoms with Crippen LogP contribution in [-0.4, -0.2) is 14.8 Å². The molecule has 0 aliphatic rings. The highest BCUT2D eigenvalue weighted by molar-refractivity contribution is 5.40. The topological polar surface area (TPSA) is 30.7 Å². The first-order valence-corrected chi connectivity index (χ1v) is 6.77. The van der Waals surface area contributed by atoms with Crippen molar-refractivity contribution >= 4 is 0 Å². The van der Waals surface area contributed by atoms with Gasteiger partial charge in [0.25, 0.3) is 0 Å². The van der Waals surface area contributed by atoms with Crippen LogP contribution >= 0.6 is 0 Å². The fraction of sp³-hybridized carbons (Fsp3) is 0.111. The van der Waals surface area contributed by atoms with Gasteiger partial charge in [0.1, 0.15) is 18.2 Å². The van der Waals surface area contributed by atoms with Gasteiger partial charge < -0.3 is 0 Å². The smallest absolute Gasteiger partial charge is 0.137 e. The highest BCUT2D eigenvalue weighted by Gasteiger charge is 2.36. The minimum absolute atomic E-state index is 0.504. The molecule has 3 nitrogen and oxygen atoms in total. The molecule has 0 saturated carbocycles. The summed E-state index contributed by atoms with van der Waals surface area (Å²) in [4.78, 5) is 4.10. The van der Waals surface area contributed by atoms with Gasteiger partial charge in [0, 0.05) is 6.42 Å². The maximum absolute atomic E-state index is 5.68. The van der Waals surface area contributed by atoms with Crippen LogP contribution in [0.25, 0.3) is 0 Å². The maximum atomic E-state index is 5.68. The number of nitrogens with zero attached hydrogens (tertiary/aromatic N) is 3. The molecule has 0 aliphatic carbocycles. The van der Waals surface area contributed by atoms with Crippen molar-refractivity contribution in [2.24, 2.45) is 0 Å². The Hall–Kier alpha value is -2.86. The minimum Gasteiger partial charge on any atom is -0.237 e. The molecule has 3 heteroatoms. The zero-order chi connectivity index (χ0) is 14.5. The van der Waals surface area contributed by atoms with Crippen LogP contribution in [0.3, 0.4) is 0 Å². The van der Waals surface area contributed by atoms with E-state index >= 15 is 0 Å². The molecule has 3 rings (SSSR count). The lowest BCUT2D eigenvalue weighted by atomic mass is 9.80. The van der Waals surface area contributed by atoms with Crippen molar-refractivity contribution in [1.29, 1.82) is 0 Å². The van der Waals surface area contributed by atoms with Crippen molar-refractivity contribution in [3.63, 3.8) is 0 Å². The normalized spacial score (nSPS) is 11.0. The first-order chi connectivity index (χ1) is 10.4. The molecule has 2 aromatic carbocycles. The predicted molar refractivity (Wildman–Crippen MR) is 82.5 cm³/mol. The monoisotopic (exact) mass is 273 g/mol. The molecule has 0 fully saturated rings. The van der Waals surface area contributed by atoms with Gasteiger partial charge in [-0.1, -0.05) is 60.7 Å². The first kappa shape index (κ1) is 13.1. The van der Waals surface area contributed by atoms with E-state index in [1.54, 1.807) is 6.33 Å². The molecular weight excluding hydrogens is 258 g/mol. The van der Waals surface area contributed by atoms with Crippen LogP contribution in [0.15, 0.2) is 73.3 Å². The van der Waals surface area contributed by atoms with Crippen LogP contribution in [0.1, 0.15) is 17.5 Å². The molecule has 0 radical (unpaired) electrons. The van der Waals surface area contributed by atoms with Crippen molar-refractivity contribution in [2.45, 2.75) is 12.0 Å². The van der Waals surface area contributed by atoms with Crippen molar-refractivity contribution in [1.82, 2.24) is 14.8 Å². The number of hydrogen-bond acceptors (Lipinski definition) is 2. The predicted octanol–water partition coefficient (Wildman–Crippen LogP) is 3.09. The molecule has 3 aromatic rings. The van der Waals surface area contributed by atoms with Crippen molar-refractivity contribution in [3.05, 3.63) is 84.4 Å². The van der Waals surface area contributed by atoms with E-state index in [2.05, 4.69) is 40.3 Å². The van der Waals surface area contributed by atoms with Crippen LogP contribution < -0.4 is 0 Å². The van der Waals surface area contributed by atoms with E-state index in [9.17, 15) is 0 Å². The molecule has 1 heterocycles. The molecule has 0 bridgehead atoms. The third-order valence-electron chi connectivity index (χ3n) is 3.67. The van der Waals surface area contributed by atoms with Gasteiger partial charge in [-0.25, -0.2) is 9.67 Å². The summed E-state index contributed by atoms with van der Waals surface area (Å²) in [5, 5.41) is 4.37. The van der Waals surface area contributed by atoms with E-state index in [0.29, 0.717) is 6.42 Å². The Balaban J connectivity index is 2.30. The van der Waals surface area contributed by atoms with Crippen LogP contribution in [0.4, 0.5) is 0 Å². The Bertz CT molecular complexity index is 686. The highest BCUT2D eigenvalue weighted by atomic mass is 15.4. The van der Waals surface area contributed by atoms with Crippen LogP contribution in [-0.2, 0) is 5.54 Å². The molecule has 0 spiro atoms. The molecule has 21 heavy (non-hydrogen) atoms. The number of benzene rings is 2. The summed E-state index contributed by atoms with van der Waals surface area (Å²) in [6.07, 6.45) is 9.45. The first-order valence-electron chi connectivity index (χ1n) is 6.77. The lowest BCUT2D eigenvalue weighted by Gasteiger charge is -2.33. The molecule has 1 aromatic heterocycles. The summed E-state index contributed by atoms with van der Waals surface area (Å²) in [7, 11) is 0. The molecule has 0 N–H and O–H groups in total. The number of rotatable bonds is 4. The summed E-state index contributed by atoms with van der Waals surface area (Å²) >= 11 is 0. The molecule has 0 unspecified atom stereocenters. The van der Waals surface area contributed by atoms with E-state index in [4.69, 9.17) is 6.42 Å². The standard InChI is InChI=1S/C18H15N3/c1-2-13-18(21-15-19-14-20-21,16-9-5-3-6-10-16)17-11-7-4-8-12-17/h1,3-12,14-15H,13H2. The lowest BCUT2D eigenvalue weighted by Crippen LogP contribution is -2.36. The van der Waals surface area contributed by atoms with E-state index in [0.717, 1.165) is 11.1 Å². The average Bonchev–Trinajstić information content (AvgIpc) is 3.09. The number of aromatic nitrogens is 3. The average molecular weight is 273 g/mol. The minimum atomic E-state index is -0.534. The van der Waals surface area contributed by atoms with Crippen LogP contribution in [0.5, 0.6) is 0 Å². The molecule has 0 amide bonds. The van der Waals surface area contributed by atoms with E-state index in [1.807, 2.05) is 41.1 Å². The Morgan fingerprint density at radius 1 is 0.952 bits per heavy atom. The van der Waals surface area contributed by atoms with Gasteiger partial charge in [-0.3, -0.25) is 0 Å². The van der Waals surface area contributed by atoms with Crippen molar-refractivity contribution in [2.75, 3.05) is 0 Å². The SMILES string of the molecule is C#CCC(c1ccccc1)(c1ccccc1)n1cncn1. The van der Waals surface area contributed by atoms with Gasteiger partial charge in [-0.2, -0.15) is 5.10 Å². The largest absolute Gasteiger partial charge is 0.237 e. The van der Waals surface area contributed by atoms with Crippen LogP contribution in [0.2, 0.25) is 0 Å². The zero-order valence-electron chi connectivity index (χ0n) is 11.6. The number of hydrogen-bond donors (Lipinski definition) is 0. The second kappa shape index (κ2) is 5.64. The fourth-order valence-electron chi connectivity index (χ4n) is 2.70. The third kappa shape index (κ3) is 2.21. The molecule has 0 aliphatic heterocycles. The Morgan fingerprint density at radius 3 is 1.95 bits per heavy atom. The molecule has 0 saturated heterocycles. The van der Waals surface area contributed by atoms with Crippen molar-refractivity contribution in [3.8, 4) is 12.3 Å². The Morgan fingerprint density at radius 2 is 1.52 bits per heavy atom. The fourth-order valence-corrected chi connectivity index (χ4v) is 2.70. The molecule has 0 atom stereocenters. The Kier molecular flexibility index (Phi) is 3.53. The summed E-state index contributed by atoms with van der Waals surface area (Å²) < 4.78 is 1.84. The van der Waals surface area contributed by atoms with Gasteiger partial charge in [0.2, 0.25) is 0 Å². The highest BCUT2D eigenvalue weighted by Crippen LogP contribution is 2.36. The molecular formula is C18H15N3. The zero-order valence-corrected chi connectivity index (χ0v) is 11.6. The van der Waals surface area contributed by atoms with Gasteiger partial charge in [-0.15, -0.1) is 12.3 Å². The maximum Gasteiger partial charge on any atom is 0.137 e. The second-order valence-electron chi connectivity index (χ2n) is 4.81. The second-order valence-corrected chi connectivity index (χ2v) is 4.81. The Labute approximate surface area is 124 Å². The third-order valence-corrected chi connectivity index (χ3v) is 3.67. The van der Waals surface area contributed by atoms with Crippen LogP contribution in [0, 0.1) is 12.3 Å². The van der Waals surface area contributed by atoms with E-state index < -0.39 is 5.54 Å². The van der Waals surface area contributed by atoms with Gasteiger partial charge >= 0.3 is 0 Å². The van der Waals surface area contributed by atoms with E-state index in [-0.39, 0.29) is 0 Å².